The number of nitrogens with zero attached hydrogens (tertiary/aromatic N) is 1. The van der Waals surface area contributed by atoms with Gasteiger partial charge in [0.05, 0.1) is 5.56 Å². The van der Waals surface area contributed by atoms with E-state index in [0.717, 1.165) is 31.5 Å². The van der Waals surface area contributed by atoms with Gasteiger partial charge in [0.25, 0.3) is 0 Å². The number of nitrogens with one attached hydrogen (secondary N) is 1. The highest BCUT2D eigenvalue weighted by molar-refractivity contribution is 5.89. The summed E-state index contributed by atoms with van der Waals surface area (Å²) in [6.45, 7) is 1.51. The first-order chi connectivity index (χ1) is 10.1. The highest BCUT2D eigenvalue weighted by Crippen LogP contribution is 2.15. The van der Waals surface area contributed by atoms with Gasteiger partial charge >= 0.3 is 5.97 Å². The Kier molecular flexibility index (Phi) is 5.33. The summed E-state index contributed by atoms with van der Waals surface area (Å²) in [6.07, 6.45) is 3.19. The number of carbonyl (C=O) groups excluding carboxylic acids is 1. The van der Waals surface area contributed by atoms with E-state index in [4.69, 9.17) is 0 Å². The SMILES string of the molecule is CN(CCc1ccccc1C(=O)O)C1CCCNC(=O)C1. The molecule has 5 nitrogen and oxygen atoms in total. The fourth-order valence-electron chi connectivity index (χ4n) is 2.76. The van der Waals surface area contributed by atoms with Gasteiger partial charge in [-0.15, -0.1) is 0 Å². The molecule has 21 heavy (non-hydrogen) atoms. The molecule has 1 fully saturated rings. The van der Waals surface area contributed by atoms with Crippen molar-refractivity contribution in [3.8, 4) is 0 Å². The van der Waals surface area contributed by atoms with E-state index < -0.39 is 5.97 Å². The summed E-state index contributed by atoms with van der Waals surface area (Å²) in [7, 11) is 2.01. The van der Waals surface area contributed by atoms with Gasteiger partial charge in [0.2, 0.25) is 5.91 Å². The minimum absolute atomic E-state index is 0.107. The fraction of sp³-hybridized carbons (Fsp3) is 0.500. The highest BCUT2D eigenvalue weighted by atomic mass is 16.4. The van der Waals surface area contributed by atoms with E-state index in [2.05, 4.69) is 10.2 Å². The van der Waals surface area contributed by atoms with Gasteiger partial charge in [-0.05, 0) is 37.9 Å². The van der Waals surface area contributed by atoms with E-state index in [0.29, 0.717) is 18.4 Å². The molecule has 1 aliphatic heterocycles. The molecule has 1 aromatic rings. The van der Waals surface area contributed by atoms with Crippen LogP contribution in [0, 0.1) is 0 Å². The van der Waals surface area contributed by atoms with Crippen molar-refractivity contribution >= 4 is 11.9 Å². The molecule has 114 valence electrons. The van der Waals surface area contributed by atoms with Gasteiger partial charge in [-0.25, -0.2) is 4.79 Å². The van der Waals surface area contributed by atoms with Crippen LogP contribution in [0.5, 0.6) is 0 Å². The molecule has 2 N–H and O–H groups in total. The van der Waals surface area contributed by atoms with Gasteiger partial charge < -0.3 is 15.3 Å². The average Bonchev–Trinajstić information content (AvgIpc) is 2.69. The monoisotopic (exact) mass is 290 g/mol. The van der Waals surface area contributed by atoms with Crippen molar-refractivity contribution in [2.45, 2.75) is 31.7 Å². The third-order valence-corrected chi connectivity index (χ3v) is 4.06. The largest absolute Gasteiger partial charge is 0.478 e. The number of likely N-dealkylation sites (N-methyl/N-ethyl adjacent to an activating group) is 1. The predicted octanol–water partition coefficient (Wildman–Crippen LogP) is 1.53. The molecule has 1 unspecified atom stereocenters. The summed E-state index contributed by atoms with van der Waals surface area (Å²) in [6, 6.07) is 7.34. The molecule has 0 aromatic heterocycles. The summed E-state index contributed by atoms with van der Waals surface area (Å²) < 4.78 is 0. The quantitative estimate of drug-likeness (QED) is 0.863. The third-order valence-electron chi connectivity index (χ3n) is 4.06. The molecule has 0 saturated carbocycles. The topological polar surface area (TPSA) is 69.6 Å². The van der Waals surface area contributed by atoms with E-state index in [-0.39, 0.29) is 11.9 Å². The highest BCUT2D eigenvalue weighted by Gasteiger charge is 2.21. The Morgan fingerprint density at radius 3 is 2.95 bits per heavy atom. The lowest BCUT2D eigenvalue weighted by atomic mass is 10.0. The van der Waals surface area contributed by atoms with E-state index in [1.807, 2.05) is 19.2 Å². The van der Waals surface area contributed by atoms with Gasteiger partial charge in [0, 0.05) is 25.6 Å². The van der Waals surface area contributed by atoms with Crippen LogP contribution in [0.15, 0.2) is 24.3 Å². The van der Waals surface area contributed by atoms with Crippen LogP contribution in [-0.2, 0) is 11.2 Å². The van der Waals surface area contributed by atoms with E-state index >= 15 is 0 Å². The van der Waals surface area contributed by atoms with Gasteiger partial charge in [0.1, 0.15) is 0 Å². The van der Waals surface area contributed by atoms with Crippen molar-refractivity contribution in [1.29, 1.82) is 0 Å². The second-order valence-electron chi connectivity index (χ2n) is 5.54. The fourth-order valence-corrected chi connectivity index (χ4v) is 2.76. The molecular formula is C16H22N2O3. The molecule has 1 amide bonds. The lowest BCUT2D eigenvalue weighted by Crippen LogP contribution is -2.35. The summed E-state index contributed by atoms with van der Waals surface area (Å²) in [5, 5.41) is 12.1. The van der Waals surface area contributed by atoms with Crippen LogP contribution in [0.25, 0.3) is 0 Å². The number of benzene rings is 1. The number of hydrogen-bond acceptors (Lipinski definition) is 3. The van der Waals surface area contributed by atoms with E-state index in [1.165, 1.54) is 0 Å². The zero-order valence-electron chi connectivity index (χ0n) is 12.3. The zero-order valence-corrected chi connectivity index (χ0v) is 12.3. The van der Waals surface area contributed by atoms with Gasteiger partial charge in [-0.3, -0.25) is 4.79 Å². The number of carbonyl (C=O) groups is 2. The Balaban J connectivity index is 1.96. The molecule has 0 aliphatic carbocycles. The van der Waals surface area contributed by atoms with Crippen LogP contribution < -0.4 is 5.32 Å². The molecule has 0 radical (unpaired) electrons. The predicted molar refractivity (Wildman–Crippen MR) is 80.4 cm³/mol. The first kappa shape index (κ1) is 15.5. The second kappa shape index (κ2) is 7.22. The average molecular weight is 290 g/mol. The van der Waals surface area contributed by atoms with Crippen molar-refractivity contribution in [1.82, 2.24) is 10.2 Å². The molecule has 1 aliphatic rings. The van der Waals surface area contributed by atoms with Gasteiger partial charge in [0.15, 0.2) is 0 Å². The van der Waals surface area contributed by atoms with Gasteiger partial charge in [-0.2, -0.15) is 0 Å². The number of carboxylic acids is 1. The molecule has 0 bridgehead atoms. The van der Waals surface area contributed by atoms with E-state index in [9.17, 15) is 14.7 Å². The first-order valence-electron chi connectivity index (χ1n) is 7.36. The van der Waals surface area contributed by atoms with Crippen molar-refractivity contribution in [3.05, 3.63) is 35.4 Å². The van der Waals surface area contributed by atoms with Crippen LogP contribution >= 0.6 is 0 Å². The lowest BCUT2D eigenvalue weighted by molar-refractivity contribution is -0.121. The lowest BCUT2D eigenvalue weighted by Gasteiger charge is -2.26. The summed E-state index contributed by atoms with van der Waals surface area (Å²) in [5.74, 6) is -0.780. The van der Waals surface area contributed by atoms with Gasteiger partial charge in [-0.1, -0.05) is 18.2 Å². The molecule has 1 aromatic carbocycles. The Hall–Kier alpha value is -1.88. The van der Waals surface area contributed by atoms with Crippen molar-refractivity contribution in [3.63, 3.8) is 0 Å². The Morgan fingerprint density at radius 1 is 1.43 bits per heavy atom. The minimum Gasteiger partial charge on any atom is -0.478 e. The van der Waals surface area contributed by atoms with Crippen LogP contribution in [0.3, 0.4) is 0 Å². The number of aromatic carboxylic acids is 1. The molecule has 1 atom stereocenters. The molecular weight excluding hydrogens is 268 g/mol. The molecule has 5 heteroatoms. The normalized spacial score (nSPS) is 19.1. The minimum atomic E-state index is -0.887. The van der Waals surface area contributed by atoms with Crippen LogP contribution in [-0.4, -0.2) is 48.1 Å². The number of carboxylic acid groups (broad SMARTS) is 1. The first-order valence-corrected chi connectivity index (χ1v) is 7.36. The van der Waals surface area contributed by atoms with Crippen LogP contribution in [0.4, 0.5) is 0 Å². The molecule has 2 rings (SSSR count). The standard InChI is InChI=1S/C16H22N2O3/c1-18(13-6-4-9-17-15(19)11-13)10-8-12-5-2-3-7-14(12)16(20)21/h2-3,5,7,13H,4,6,8-11H2,1H3,(H,17,19)(H,20,21). The number of amides is 1. The molecule has 0 spiro atoms. The molecule has 1 saturated heterocycles. The Labute approximate surface area is 125 Å². The molecule has 1 heterocycles. The zero-order chi connectivity index (χ0) is 15.2. The smallest absolute Gasteiger partial charge is 0.335 e. The maximum absolute atomic E-state index is 11.6. The van der Waals surface area contributed by atoms with Crippen molar-refractivity contribution in [2.75, 3.05) is 20.1 Å². The number of rotatable bonds is 5. The Bertz CT molecular complexity index is 516. The van der Waals surface area contributed by atoms with Crippen LogP contribution in [0.1, 0.15) is 35.2 Å². The summed E-state index contributed by atoms with van der Waals surface area (Å²) in [5.41, 5.74) is 1.21. The summed E-state index contributed by atoms with van der Waals surface area (Å²) >= 11 is 0. The third kappa shape index (κ3) is 4.29. The van der Waals surface area contributed by atoms with Crippen LogP contribution in [0.2, 0.25) is 0 Å². The second-order valence-corrected chi connectivity index (χ2v) is 5.54. The maximum Gasteiger partial charge on any atom is 0.335 e. The Morgan fingerprint density at radius 2 is 2.19 bits per heavy atom. The van der Waals surface area contributed by atoms with Crippen molar-refractivity contribution < 1.29 is 14.7 Å². The van der Waals surface area contributed by atoms with Crippen molar-refractivity contribution in [2.24, 2.45) is 0 Å². The summed E-state index contributed by atoms with van der Waals surface area (Å²) in [4.78, 5) is 25.0. The maximum atomic E-state index is 11.6. The number of hydrogen-bond donors (Lipinski definition) is 2. The van der Waals surface area contributed by atoms with E-state index in [1.54, 1.807) is 12.1 Å².